The molecule has 0 spiro atoms. The number of aromatic hydroxyl groups is 1. The number of benzene rings is 1. The van der Waals surface area contributed by atoms with Gasteiger partial charge in [0.15, 0.2) is 5.75 Å². The zero-order valence-corrected chi connectivity index (χ0v) is 14.6. The van der Waals surface area contributed by atoms with Crippen LogP contribution in [0, 0.1) is 10.1 Å². The number of aromatic nitrogens is 2. The van der Waals surface area contributed by atoms with Crippen LogP contribution >= 0.6 is 0 Å². The monoisotopic (exact) mass is 380 g/mol. The Morgan fingerprint density at radius 3 is 2.81 bits per heavy atom. The van der Waals surface area contributed by atoms with E-state index in [1.807, 2.05) is 4.90 Å². The normalized spacial score (nSPS) is 14.8. The zero-order valence-electron chi connectivity index (χ0n) is 13.8. The summed E-state index contributed by atoms with van der Waals surface area (Å²) < 4.78 is 23.1. The Morgan fingerprint density at radius 1 is 1.42 bits per heavy atom. The largest absolute Gasteiger partial charge is 0.502 e. The van der Waals surface area contributed by atoms with Gasteiger partial charge in [0.2, 0.25) is 15.0 Å². The van der Waals surface area contributed by atoms with E-state index in [1.54, 1.807) is 6.07 Å². The predicted molar refractivity (Wildman–Crippen MR) is 90.5 cm³/mol. The quantitative estimate of drug-likeness (QED) is 0.439. The summed E-state index contributed by atoms with van der Waals surface area (Å²) in [6.45, 7) is 1.10. The highest BCUT2D eigenvalue weighted by Crippen LogP contribution is 2.27. The molecular weight excluding hydrogens is 364 g/mol. The van der Waals surface area contributed by atoms with Crippen LogP contribution < -0.4 is 5.56 Å². The van der Waals surface area contributed by atoms with Crippen molar-refractivity contribution in [2.24, 2.45) is 0 Å². The summed E-state index contributed by atoms with van der Waals surface area (Å²) in [5, 5.41) is 20.1. The number of nitrogens with zero attached hydrogens (tertiary/aromatic N) is 3. The number of hydrogen-bond donors (Lipinski definition) is 2. The van der Waals surface area contributed by atoms with Crippen molar-refractivity contribution in [3.05, 3.63) is 55.5 Å². The van der Waals surface area contributed by atoms with Crippen LogP contribution in [0.4, 0.5) is 5.69 Å². The number of phenolic OH excluding ortho intramolecular Hbond substituents is 1. The van der Waals surface area contributed by atoms with Gasteiger partial charge in [-0.3, -0.25) is 24.8 Å². The minimum atomic E-state index is -3.61. The first-order valence-corrected chi connectivity index (χ1v) is 9.55. The number of nitrogens with one attached hydrogen (secondary N) is 1. The first kappa shape index (κ1) is 18.0. The van der Waals surface area contributed by atoms with Crippen molar-refractivity contribution in [1.82, 2.24) is 14.9 Å². The number of fused-ring (bicyclic) bond motifs is 1. The molecule has 2 aromatic rings. The number of phenols is 1. The van der Waals surface area contributed by atoms with Crippen LogP contribution in [0.1, 0.15) is 16.8 Å². The molecule has 1 aromatic carbocycles. The Hall–Kier alpha value is -2.79. The van der Waals surface area contributed by atoms with Gasteiger partial charge in [-0.25, -0.2) is 13.4 Å². The van der Waals surface area contributed by atoms with Gasteiger partial charge in [0.05, 0.1) is 16.2 Å². The molecule has 0 amide bonds. The molecular formula is C15H16N4O6S. The Bertz CT molecular complexity index is 1050. The van der Waals surface area contributed by atoms with E-state index < -0.39 is 26.1 Å². The fraction of sp³-hybridized carbons (Fsp3) is 0.333. The number of nitro benzene ring substituents is 1. The third kappa shape index (κ3) is 3.58. The molecule has 1 aliphatic rings. The van der Waals surface area contributed by atoms with Crippen molar-refractivity contribution >= 4 is 15.5 Å². The maximum Gasteiger partial charge on any atom is 0.311 e. The van der Waals surface area contributed by atoms with Gasteiger partial charge in [-0.1, -0.05) is 6.07 Å². The van der Waals surface area contributed by atoms with E-state index in [1.165, 1.54) is 12.1 Å². The summed E-state index contributed by atoms with van der Waals surface area (Å²) >= 11 is 0. The maximum atomic E-state index is 12.2. The molecule has 0 unspecified atom stereocenters. The third-order valence-corrected chi connectivity index (χ3v) is 5.02. The second-order valence-corrected chi connectivity index (χ2v) is 8.04. The van der Waals surface area contributed by atoms with Gasteiger partial charge in [0.1, 0.15) is 0 Å². The first-order valence-electron chi connectivity index (χ1n) is 7.66. The lowest BCUT2D eigenvalue weighted by atomic mass is 10.1. The molecule has 3 rings (SSSR count). The van der Waals surface area contributed by atoms with Crippen LogP contribution in [0.2, 0.25) is 0 Å². The molecule has 0 saturated carbocycles. The molecule has 2 heterocycles. The van der Waals surface area contributed by atoms with Crippen molar-refractivity contribution in [2.75, 3.05) is 12.8 Å². The molecule has 2 N–H and O–H groups in total. The molecule has 0 aliphatic carbocycles. The van der Waals surface area contributed by atoms with Gasteiger partial charge >= 0.3 is 5.69 Å². The molecule has 138 valence electrons. The van der Waals surface area contributed by atoms with Crippen LogP contribution in [0.3, 0.4) is 0 Å². The third-order valence-electron chi connectivity index (χ3n) is 4.12. The molecule has 0 bridgehead atoms. The van der Waals surface area contributed by atoms with Gasteiger partial charge in [-0.2, -0.15) is 0 Å². The minimum Gasteiger partial charge on any atom is -0.502 e. The molecule has 1 aliphatic heterocycles. The molecule has 0 atom stereocenters. The summed E-state index contributed by atoms with van der Waals surface area (Å²) in [6.07, 6.45) is 1.37. The number of aromatic amines is 1. The molecule has 10 nitrogen and oxygen atoms in total. The average molecular weight is 380 g/mol. The lowest BCUT2D eigenvalue weighted by Gasteiger charge is -2.27. The van der Waals surface area contributed by atoms with Gasteiger partial charge in [0.25, 0.3) is 5.56 Å². The van der Waals surface area contributed by atoms with E-state index in [0.29, 0.717) is 36.3 Å². The zero-order chi connectivity index (χ0) is 19.1. The Morgan fingerprint density at radius 2 is 2.15 bits per heavy atom. The van der Waals surface area contributed by atoms with Gasteiger partial charge in [-0.05, 0) is 11.6 Å². The second-order valence-electron chi connectivity index (χ2n) is 6.11. The summed E-state index contributed by atoms with van der Waals surface area (Å²) in [4.78, 5) is 30.7. The molecule has 11 heteroatoms. The number of nitro groups is 1. The standard InChI is InChI=1S/C15H16N4O6S/c1-26(24,25)15-16-11-4-5-18(8-10(11)14(21)17-15)7-9-2-3-13(20)12(6-9)19(22)23/h2-3,6,20H,4-5,7-8H2,1H3,(H,16,17,21). The second kappa shape index (κ2) is 6.50. The lowest BCUT2D eigenvalue weighted by Crippen LogP contribution is -2.36. The van der Waals surface area contributed by atoms with E-state index in [0.717, 1.165) is 6.26 Å². The molecule has 26 heavy (non-hydrogen) atoms. The first-order chi connectivity index (χ1) is 12.1. The number of rotatable bonds is 4. The van der Waals surface area contributed by atoms with Crippen LogP contribution in [0.25, 0.3) is 0 Å². The summed E-state index contributed by atoms with van der Waals surface area (Å²) in [5.41, 5.74) is 0.572. The SMILES string of the molecule is CS(=O)(=O)c1nc2c(c(=O)[nH]1)CN(Cc1ccc(O)c([N+](=O)[O-])c1)CC2. The molecule has 0 saturated heterocycles. The number of hydrogen-bond acceptors (Lipinski definition) is 8. The summed E-state index contributed by atoms with van der Waals surface area (Å²) in [6, 6.07) is 4.13. The fourth-order valence-corrected chi connectivity index (χ4v) is 3.39. The molecule has 0 fully saturated rings. The maximum absolute atomic E-state index is 12.2. The van der Waals surface area contributed by atoms with Gasteiger partial charge < -0.3 is 5.11 Å². The average Bonchev–Trinajstić information content (AvgIpc) is 2.56. The van der Waals surface area contributed by atoms with E-state index in [4.69, 9.17) is 0 Å². The highest BCUT2D eigenvalue weighted by atomic mass is 32.2. The minimum absolute atomic E-state index is 0.246. The van der Waals surface area contributed by atoms with Gasteiger partial charge in [0, 0.05) is 38.4 Å². The highest BCUT2D eigenvalue weighted by Gasteiger charge is 2.24. The van der Waals surface area contributed by atoms with Crippen molar-refractivity contribution in [1.29, 1.82) is 0 Å². The fourth-order valence-electron chi connectivity index (χ4n) is 2.84. The summed E-state index contributed by atoms with van der Waals surface area (Å²) in [5.74, 6) is -0.406. The van der Waals surface area contributed by atoms with Crippen LogP contribution in [0.15, 0.2) is 28.2 Å². The van der Waals surface area contributed by atoms with E-state index in [2.05, 4.69) is 9.97 Å². The summed E-state index contributed by atoms with van der Waals surface area (Å²) in [7, 11) is -3.61. The predicted octanol–water partition coefficient (Wildman–Crippen LogP) is 0.345. The topological polar surface area (TPSA) is 146 Å². The number of H-pyrrole nitrogens is 1. The van der Waals surface area contributed by atoms with Crippen molar-refractivity contribution in [2.45, 2.75) is 24.7 Å². The van der Waals surface area contributed by atoms with E-state index in [-0.39, 0.29) is 17.4 Å². The van der Waals surface area contributed by atoms with Crippen molar-refractivity contribution in [3.8, 4) is 5.75 Å². The van der Waals surface area contributed by atoms with Crippen molar-refractivity contribution in [3.63, 3.8) is 0 Å². The number of sulfone groups is 1. The van der Waals surface area contributed by atoms with E-state index >= 15 is 0 Å². The van der Waals surface area contributed by atoms with Gasteiger partial charge in [-0.15, -0.1) is 0 Å². The Kier molecular flexibility index (Phi) is 4.50. The van der Waals surface area contributed by atoms with Crippen LogP contribution in [0.5, 0.6) is 5.75 Å². The lowest BCUT2D eigenvalue weighted by molar-refractivity contribution is -0.385. The van der Waals surface area contributed by atoms with Crippen LogP contribution in [-0.4, -0.2) is 46.1 Å². The Labute approximate surface area is 148 Å². The van der Waals surface area contributed by atoms with Crippen molar-refractivity contribution < 1.29 is 18.4 Å². The van der Waals surface area contributed by atoms with E-state index in [9.17, 15) is 28.4 Å². The highest BCUT2D eigenvalue weighted by molar-refractivity contribution is 7.90. The Balaban J connectivity index is 1.85. The van der Waals surface area contributed by atoms with Crippen LogP contribution in [-0.2, 0) is 29.3 Å². The smallest absolute Gasteiger partial charge is 0.311 e. The molecule has 1 aromatic heterocycles. The molecule has 0 radical (unpaired) electrons.